The molecule has 0 spiro atoms. The summed E-state index contributed by atoms with van der Waals surface area (Å²) in [5, 5.41) is 4.23. The van der Waals surface area contributed by atoms with Crippen molar-refractivity contribution in [1.29, 1.82) is 0 Å². The van der Waals surface area contributed by atoms with Crippen molar-refractivity contribution in [3.05, 3.63) is 77.5 Å². The highest BCUT2D eigenvalue weighted by Gasteiger charge is 2.20. The van der Waals surface area contributed by atoms with Crippen LogP contribution in [0.4, 0.5) is 0 Å². The topological polar surface area (TPSA) is 70.4 Å². The molecule has 0 saturated carbocycles. The third-order valence-electron chi connectivity index (χ3n) is 3.61. The molecule has 0 unspecified atom stereocenters. The fourth-order valence-electron chi connectivity index (χ4n) is 2.42. The Balaban J connectivity index is 1.96. The normalized spacial score (nSPS) is 10.4. The number of para-hydroxylation sites is 1. The summed E-state index contributed by atoms with van der Waals surface area (Å²) in [6.45, 7) is 3.84. The maximum Gasteiger partial charge on any atom is 0.358 e. The Hall–Kier alpha value is -3.41. The van der Waals surface area contributed by atoms with Crippen LogP contribution in [0.2, 0.25) is 0 Å². The van der Waals surface area contributed by atoms with E-state index in [-0.39, 0.29) is 18.2 Å². The lowest BCUT2D eigenvalue weighted by Crippen LogP contribution is -2.12. The average molecular weight is 350 g/mol. The average Bonchev–Trinajstić information content (AvgIpc) is 3.06. The smallest absolute Gasteiger partial charge is 0.358 e. The highest BCUT2D eigenvalue weighted by Crippen LogP contribution is 2.21. The van der Waals surface area contributed by atoms with Crippen LogP contribution in [-0.4, -0.2) is 28.3 Å². The van der Waals surface area contributed by atoms with Gasteiger partial charge in [0, 0.05) is 6.07 Å². The largest absolute Gasteiger partial charge is 0.461 e. The molecule has 26 heavy (non-hydrogen) atoms. The minimum Gasteiger partial charge on any atom is -0.461 e. The molecule has 3 aromatic rings. The molecule has 3 rings (SSSR count). The molecule has 0 aliphatic heterocycles. The van der Waals surface area contributed by atoms with E-state index < -0.39 is 11.9 Å². The van der Waals surface area contributed by atoms with Crippen LogP contribution in [-0.2, 0) is 4.74 Å². The zero-order valence-electron chi connectivity index (χ0n) is 14.5. The Bertz CT molecular complexity index is 932. The van der Waals surface area contributed by atoms with Crippen molar-refractivity contribution in [3.8, 4) is 11.6 Å². The third-order valence-corrected chi connectivity index (χ3v) is 3.61. The van der Waals surface area contributed by atoms with Crippen molar-refractivity contribution in [3.63, 3.8) is 0 Å². The number of esters is 2. The second-order valence-corrected chi connectivity index (χ2v) is 5.59. The minimum absolute atomic E-state index is 0.0720. The lowest BCUT2D eigenvalue weighted by atomic mass is 10.1. The predicted octanol–water partition coefficient (Wildman–Crippen LogP) is 3.58. The molecular formula is C20H18N2O4. The molecule has 0 fully saturated rings. The van der Waals surface area contributed by atoms with Crippen molar-refractivity contribution in [1.82, 2.24) is 9.78 Å². The molecule has 0 radical (unpaired) electrons. The highest BCUT2D eigenvalue weighted by molar-refractivity contribution is 5.92. The number of carbonyl (C=O) groups excluding carboxylic acids is 2. The molecule has 0 bridgehead atoms. The van der Waals surface area contributed by atoms with Crippen molar-refractivity contribution in [2.75, 3.05) is 6.61 Å². The Kier molecular flexibility index (Phi) is 5.12. The lowest BCUT2D eigenvalue weighted by molar-refractivity contribution is 0.0518. The summed E-state index contributed by atoms with van der Waals surface area (Å²) in [5.41, 5.74) is 2.10. The van der Waals surface area contributed by atoms with Gasteiger partial charge >= 0.3 is 11.9 Å². The fourth-order valence-corrected chi connectivity index (χ4v) is 2.42. The van der Waals surface area contributed by atoms with E-state index in [9.17, 15) is 9.59 Å². The summed E-state index contributed by atoms with van der Waals surface area (Å²) in [6, 6.07) is 17.6. The van der Waals surface area contributed by atoms with E-state index in [1.165, 1.54) is 10.7 Å². The van der Waals surface area contributed by atoms with E-state index in [0.29, 0.717) is 11.3 Å². The Morgan fingerprint density at radius 3 is 2.46 bits per heavy atom. The monoisotopic (exact) mass is 350 g/mol. The summed E-state index contributed by atoms with van der Waals surface area (Å²) in [7, 11) is 0. The van der Waals surface area contributed by atoms with E-state index in [1.807, 2.05) is 31.2 Å². The molecule has 1 heterocycles. The summed E-state index contributed by atoms with van der Waals surface area (Å²) in [4.78, 5) is 24.5. The van der Waals surface area contributed by atoms with Crippen LogP contribution in [0.5, 0.6) is 5.88 Å². The van der Waals surface area contributed by atoms with Gasteiger partial charge in [0.15, 0.2) is 5.69 Å². The van der Waals surface area contributed by atoms with E-state index in [0.717, 1.165) is 5.56 Å². The van der Waals surface area contributed by atoms with E-state index in [4.69, 9.17) is 9.47 Å². The van der Waals surface area contributed by atoms with Gasteiger partial charge in [-0.3, -0.25) is 0 Å². The first-order chi connectivity index (χ1) is 12.6. The quantitative estimate of drug-likeness (QED) is 0.658. The first kappa shape index (κ1) is 17.4. The molecule has 132 valence electrons. The van der Waals surface area contributed by atoms with Gasteiger partial charge in [-0.05, 0) is 38.1 Å². The number of nitrogens with zero attached hydrogens (tertiary/aromatic N) is 2. The minimum atomic E-state index is -0.574. The van der Waals surface area contributed by atoms with Gasteiger partial charge in [-0.15, -0.1) is 0 Å². The zero-order valence-corrected chi connectivity index (χ0v) is 14.5. The fraction of sp³-hybridized carbons (Fsp3) is 0.150. The summed E-state index contributed by atoms with van der Waals surface area (Å²) in [6.07, 6.45) is 0. The number of benzene rings is 2. The molecule has 6 nitrogen and oxygen atoms in total. The predicted molar refractivity (Wildman–Crippen MR) is 95.7 cm³/mol. The molecule has 0 atom stereocenters. The number of aryl methyl sites for hydroxylation is 1. The van der Waals surface area contributed by atoms with Gasteiger partial charge in [-0.2, -0.15) is 9.78 Å². The third kappa shape index (κ3) is 3.80. The van der Waals surface area contributed by atoms with Crippen molar-refractivity contribution < 1.29 is 19.1 Å². The van der Waals surface area contributed by atoms with E-state index in [1.54, 1.807) is 37.3 Å². The summed E-state index contributed by atoms with van der Waals surface area (Å²) >= 11 is 0. The second-order valence-electron chi connectivity index (χ2n) is 5.59. The van der Waals surface area contributed by atoms with Gasteiger partial charge in [-0.1, -0.05) is 35.9 Å². The number of hydrogen-bond donors (Lipinski definition) is 0. The zero-order chi connectivity index (χ0) is 18.5. The van der Waals surface area contributed by atoms with Gasteiger partial charge < -0.3 is 9.47 Å². The first-order valence-electron chi connectivity index (χ1n) is 8.20. The van der Waals surface area contributed by atoms with Crippen molar-refractivity contribution in [2.24, 2.45) is 0 Å². The van der Waals surface area contributed by atoms with Gasteiger partial charge in [0.05, 0.1) is 17.9 Å². The molecule has 0 aliphatic rings. The highest BCUT2D eigenvalue weighted by atomic mass is 16.5. The van der Waals surface area contributed by atoms with Crippen LogP contribution in [0.3, 0.4) is 0 Å². The number of aromatic nitrogens is 2. The summed E-state index contributed by atoms with van der Waals surface area (Å²) < 4.78 is 11.9. The molecule has 0 aliphatic carbocycles. The SMILES string of the molecule is CCOC(=O)c1cc(OC(=O)c2cccc(C)c2)n(-c2ccccc2)n1. The van der Waals surface area contributed by atoms with Crippen LogP contribution in [0, 0.1) is 6.92 Å². The Morgan fingerprint density at radius 2 is 1.77 bits per heavy atom. The van der Waals surface area contributed by atoms with Crippen LogP contribution >= 0.6 is 0 Å². The van der Waals surface area contributed by atoms with Gasteiger partial charge in [0.2, 0.25) is 5.88 Å². The molecular weight excluding hydrogens is 332 g/mol. The maximum absolute atomic E-state index is 12.5. The maximum atomic E-state index is 12.5. The van der Waals surface area contributed by atoms with Crippen LogP contribution in [0.15, 0.2) is 60.7 Å². The second kappa shape index (κ2) is 7.65. The number of carbonyl (C=O) groups is 2. The lowest BCUT2D eigenvalue weighted by Gasteiger charge is -2.08. The number of ether oxygens (including phenoxy) is 2. The molecule has 6 heteroatoms. The summed E-state index contributed by atoms with van der Waals surface area (Å²) in [5.74, 6) is -0.956. The van der Waals surface area contributed by atoms with Crippen molar-refractivity contribution in [2.45, 2.75) is 13.8 Å². The molecule has 0 amide bonds. The van der Waals surface area contributed by atoms with Gasteiger partial charge in [0.25, 0.3) is 0 Å². The van der Waals surface area contributed by atoms with Crippen LogP contribution < -0.4 is 4.74 Å². The standard InChI is InChI=1S/C20H18N2O4/c1-3-25-20(24)17-13-18(22(21-17)16-10-5-4-6-11-16)26-19(23)15-9-7-8-14(2)12-15/h4-13H,3H2,1-2H3. The first-order valence-corrected chi connectivity index (χ1v) is 8.20. The van der Waals surface area contributed by atoms with E-state index in [2.05, 4.69) is 5.10 Å². The van der Waals surface area contributed by atoms with Crippen LogP contribution in [0.1, 0.15) is 33.3 Å². The molecule has 0 N–H and O–H groups in total. The van der Waals surface area contributed by atoms with E-state index >= 15 is 0 Å². The molecule has 2 aromatic carbocycles. The molecule has 0 saturated heterocycles. The van der Waals surface area contributed by atoms with Gasteiger partial charge in [0.1, 0.15) is 0 Å². The molecule has 1 aromatic heterocycles. The van der Waals surface area contributed by atoms with Crippen LogP contribution in [0.25, 0.3) is 5.69 Å². The van der Waals surface area contributed by atoms with Crippen molar-refractivity contribution >= 4 is 11.9 Å². The Morgan fingerprint density at radius 1 is 1.00 bits per heavy atom. The Labute approximate surface area is 151 Å². The number of rotatable bonds is 5. The van der Waals surface area contributed by atoms with Gasteiger partial charge in [-0.25, -0.2) is 9.59 Å². The number of hydrogen-bond acceptors (Lipinski definition) is 5.